The lowest BCUT2D eigenvalue weighted by molar-refractivity contribution is -0.146. The second-order valence-electron chi connectivity index (χ2n) is 10.7. The lowest BCUT2D eigenvalue weighted by atomic mass is 9.63. The molecule has 0 spiro atoms. The summed E-state index contributed by atoms with van der Waals surface area (Å²) in [4.78, 5) is 13.7. The first-order valence-electron chi connectivity index (χ1n) is 11.8. The quantitative estimate of drug-likeness (QED) is 0.343. The van der Waals surface area contributed by atoms with Crippen LogP contribution in [0.2, 0.25) is 0 Å². The van der Waals surface area contributed by atoms with Gasteiger partial charge in [-0.05, 0) is 95.8 Å². The molecule has 1 atom stereocenters. The van der Waals surface area contributed by atoms with Crippen LogP contribution in [0.5, 0.6) is 0 Å². The molecule has 0 fully saturated rings. The number of ether oxygens (including phenoxy) is 1. The molecule has 1 aliphatic carbocycles. The molecule has 3 rings (SSSR count). The molecule has 0 saturated carbocycles. The summed E-state index contributed by atoms with van der Waals surface area (Å²) in [7, 11) is 0. The Kier molecular flexibility index (Phi) is 7.34. The molecule has 0 heterocycles. The third kappa shape index (κ3) is 5.17. The second-order valence-corrected chi connectivity index (χ2v) is 11.6. The number of esters is 1. The molecule has 0 aromatic heterocycles. The molecule has 2 aromatic rings. The number of fused-ring (bicyclic) bond motifs is 1. The summed E-state index contributed by atoms with van der Waals surface area (Å²) < 4.78 is 8.79. The van der Waals surface area contributed by atoms with E-state index in [9.17, 15) is 4.79 Å². The minimum Gasteiger partial charge on any atom is -0.466 e. The van der Waals surface area contributed by atoms with E-state index in [4.69, 9.17) is 4.74 Å². The first-order chi connectivity index (χ1) is 15.0. The van der Waals surface area contributed by atoms with E-state index in [0.717, 1.165) is 11.3 Å². The molecule has 1 aliphatic rings. The van der Waals surface area contributed by atoms with Crippen LogP contribution < -0.4 is 4.72 Å². The summed E-state index contributed by atoms with van der Waals surface area (Å²) in [5, 5.41) is 0. The summed E-state index contributed by atoms with van der Waals surface area (Å²) in [6.45, 7) is 18.1. The van der Waals surface area contributed by atoms with Crippen molar-refractivity contribution >= 4 is 23.6 Å². The average molecular weight is 454 g/mol. The molecule has 0 saturated heterocycles. The predicted molar refractivity (Wildman–Crippen MR) is 137 cm³/mol. The Hall–Kier alpha value is -1.94. The number of carbonyl (C=O) groups is 1. The van der Waals surface area contributed by atoms with Gasteiger partial charge in [-0.25, -0.2) is 0 Å². The zero-order chi connectivity index (χ0) is 23.7. The van der Waals surface area contributed by atoms with Gasteiger partial charge in [0.25, 0.3) is 0 Å². The Morgan fingerprint density at radius 3 is 2.12 bits per heavy atom. The smallest absolute Gasteiger partial charge is 0.313 e. The number of carbonyl (C=O) groups excluding carboxylic acids is 1. The average Bonchev–Trinajstić information content (AvgIpc) is 2.71. The Bertz CT molecular complexity index is 960. The lowest BCUT2D eigenvalue weighted by Crippen LogP contribution is -2.34. The van der Waals surface area contributed by atoms with Crippen molar-refractivity contribution < 1.29 is 9.53 Å². The number of hydrogen-bond donors (Lipinski definition) is 1. The van der Waals surface area contributed by atoms with E-state index >= 15 is 0 Å². The maximum absolute atomic E-state index is 12.4. The Morgan fingerprint density at radius 1 is 1.03 bits per heavy atom. The highest BCUT2D eigenvalue weighted by Gasteiger charge is 2.37. The van der Waals surface area contributed by atoms with Crippen molar-refractivity contribution in [3.05, 3.63) is 58.7 Å². The van der Waals surface area contributed by atoms with E-state index < -0.39 is 0 Å². The molecular formula is C28H39NO2S. The first kappa shape index (κ1) is 24.7. The van der Waals surface area contributed by atoms with Gasteiger partial charge < -0.3 is 9.46 Å². The van der Waals surface area contributed by atoms with E-state index in [1.165, 1.54) is 34.4 Å². The van der Waals surface area contributed by atoms with Gasteiger partial charge in [-0.2, -0.15) is 0 Å². The minimum atomic E-state index is -0.231. The van der Waals surface area contributed by atoms with Crippen molar-refractivity contribution in [3.63, 3.8) is 0 Å². The molecule has 32 heavy (non-hydrogen) atoms. The number of nitrogens with one attached hydrogen (secondary N) is 1. The number of anilines is 1. The van der Waals surface area contributed by atoms with E-state index in [-0.39, 0.29) is 28.6 Å². The van der Waals surface area contributed by atoms with Crippen LogP contribution in [0.1, 0.15) is 89.5 Å². The zero-order valence-corrected chi connectivity index (χ0v) is 21.8. The van der Waals surface area contributed by atoms with Gasteiger partial charge in [-0.1, -0.05) is 59.7 Å². The van der Waals surface area contributed by atoms with Crippen LogP contribution in [0.3, 0.4) is 0 Å². The SMILES string of the molecule is CCOC(=O)C(c1ccc(NSc2cc3c(cc2C)C(C)(C)CCC3(C)C)cc1)C(C)C. The molecule has 0 bridgehead atoms. The van der Waals surface area contributed by atoms with Crippen LogP contribution >= 0.6 is 11.9 Å². The van der Waals surface area contributed by atoms with E-state index in [1.807, 2.05) is 19.1 Å². The fraction of sp³-hybridized carbons (Fsp3) is 0.536. The summed E-state index contributed by atoms with van der Waals surface area (Å²) in [5.41, 5.74) is 6.75. The predicted octanol–water partition coefficient (Wildman–Crippen LogP) is 7.77. The maximum atomic E-state index is 12.4. The van der Waals surface area contributed by atoms with Crippen molar-refractivity contribution in [1.82, 2.24) is 0 Å². The Morgan fingerprint density at radius 2 is 1.59 bits per heavy atom. The van der Waals surface area contributed by atoms with Gasteiger partial charge in [0, 0.05) is 10.6 Å². The number of benzene rings is 2. The summed E-state index contributed by atoms with van der Waals surface area (Å²) in [6.07, 6.45) is 2.44. The van der Waals surface area contributed by atoms with Gasteiger partial charge in [0.05, 0.1) is 12.5 Å². The van der Waals surface area contributed by atoms with Crippen LogP contribution in [0.25, 0.3) is 0 Å². The molecular weight excluding hydrogens is 414 g/mol. The molecule has 3 nitrogen and oxygen atoms in total. The fourth-order valence-electron chi connectivity index (χ4n) is 4.71. The third-order valence-corrected chi connectivity index (χ3v) is 7.90. The van der Waals surface area contributed by atoms with Gasteiger partial charge in [-0.15, -0.1) is 0 Å². The van der Waals surface area contributed by atoms with E-state index in [0.29, 0.717) is 6.61 Å². The fourth-order valence-corrected chi connectivity index (χ4v) is 5.47. The number of rotatable bonds is 7. The van der Waals surface area contributed by atoms with Crippen LogP contribution in [0.15, 0.2) is 41.3 Å². The zero-order valence-electron chi connectivity index (χ0n) is 21.0. The molecule has 174 valence electrons. The van der Waals surface area contributed by atoms with Gasteiger partial charge in [0.15, 0.2) is 0 Å². The van der Waals surface area contributed by atoms with Crippen LogP contribution in [0.4, 0.5) is 5.69 Å². The van der Waals surface area contributed by atoms with Crippen molar-refractivity contribution in [2.45, 2.75) is 89.9 Å². The van der Waals surface area contributed by atoms with E-state index in [2.05, 4.69) is 77.5 Å². The molecule has 0 amide bonds. The molecule has 2 aromatic carbocycles. The normalized spacial score (nSPS) is 17.5. The molecule has 0 radical (unpaired) electrons. The van der Waals surface area contributed by atoms with Crippen LogP contribution in [0, 0.1) is 12.8 Å². The van der Waals surface area contributed by atoms with Crippen molar-refractivity contribution in [1.29, 1.82) is 0 Å². The highest BCUT2D eigenvalue weighted by atomic mass is 32.2. The Labute approximate surface area is 198 Å². The largest absolute Gasteiger partial charge is 0.466 e. The molecule has 1 unspecified atom stereocenters. The van der Waals surface area contributed by atoms with Crippen molar-refractivity contribution in [3.8, 4) is 0 Å². The van der Waals surface area contributed by atoms with Gasteiger partial charge in [0.2, 0.25) is 0 Å². The summed E-state index contributed by atoms with van der Waals surface area (Å²) >= 11 is 1.67. The molecule has 0 aliphatic heterocycles. The highest BCUT2D eigenvalue weighted by Crippen LogP contribution is 2.47. The topological polar surface area (TPSA) is 38.3 Å². The van der Waals surface area contributed by atoms with Crippen molar-refractivity contribution in [2.75, 3.05) is 11.3 Å². The lowest BCUT2D eigenvalue weighted by Gasteiger charge is -2.42. The number of aryl methyl sites for hydroxylation is 1. The second kappa shape index (κ2) is 9.51. The standard InChI is InChI=1S/C28H39NO2S/c1-9-31-26(30)25(18(2)3)20-10-12-21(13-11-20)29-32-24-17-23-22(16-19(24)4)27(5,6)14-15-28(23,7)8/h10-13,16-18,25,29H,9,14-15H2,1-8H3. The van der Waals surface area contributed by atoms with Crippen molar-refractivity contribution in [2.24, 2.45) is 5.92 Å². The third-order valence-electron chi connectivity index (χ3n) is 6.90. The van der Waals surface area contributed by atoms with E-state index in [1.54, 1.807) is 11.9 Å². The summed E-state index contributed by atoms with van der Waals surface area (Å²) in [6, 6.07) is 13.0. The number of hydrogen-bond acceptors (Lipinski definition) is 4. The first-order valence-corrected chi connectivity index (χ1v) is 12.6. The monoisotopic (exact) mass is 453 g/mol. The van der Waals surface area contributed by atoms with Crippen LogP contribution in [-0.2, 0) is 20.4 Å². The van der Waals surface area contributed by atoms with Gasteiger partial charge in [-0.3, -0.25) is 4.79 Å². The highest BCUT2D eigenvalue weighted by molar-refractivity contribution is 8.00. The molecule has 4 heteroatoms. The summed E-state index contributed by atoms with van der Waals surface area (Å²) in [5.74, 6) is -0.189. The maximum Gasteiger partial charge on any atom is 0.313 e. The van der Waals surface area contributed by atoms with Gasteiger partial charge >= 0.3 is 5.97 Å². The van der Waals surface area contributed by atoms with Crippen LogP contribution in [-0.4, -0.2) is 12.6 Å². The molecule has 1 N–H and O–H groups in total. The Balaban J connectivity index is 1.78. The van der Waals surface area contributed by atoms with Gasteiger partial charge in [0.1, 0.15) is 0 Å². The minimum absolute atomic E-state index is 0.146.